The van der Waals surface area contributed by atoms with Crippen molar-refractivity contribution in [1.29, 1.82) is 0 Å². The lowest BCUT2D eigenvalue weighted by Crippen LogP contribution is -2.17. The minimum Gasteiger partial charge on any atom is -0.350 e. The molecule has 4 nitrogen and oxygen atoms in total. The standard InChI is InChI=1S/C16H11Cl2N3O/c17-12-3-1-2-10(6-12)9-19-21-16(22)15-8-11-7-13(18)4-5-14(11)20-15/h1-9,20H,(H,21,22). The monoisotopic (exact) mass is 331 g/mol. The van der Waals surface area contributed by atoms with Gasteiger partial charge in [-0.05, 0) is 42.0 Å². The Labute approximate surface area is 136 Å². The molecule has 3 aromatic rings. The van der Waals surface area contributed by atoms with Gasteiger partial charge in [0, 0.05) is 20.9 Å². The zero-order chi connectivity index (χ0) is 15.5. The topological polar surface area (TPSA) is 57.2 Å². The molecule has 0 saturated heterocycles. The number of rotatable bonds is 3. The van der Waals surface area contributed by atoms with E-state index in [1.165, 1.54) is 6.21 Å². The quantitative estimate of drug-likeness (QED) is 0.547. The van der Waals surface area contributed by atoms with Gasteiger partial charge < -0.3 is 4.98 Å². The molecule has 110 valence electrons. The fourth-order valence-electron chi connectivity index (χ4n) is 2.04. The van der Waals surface area contributed by atoms with Crippen LogP contribution < -0.4 is 5.43 Å². The molecule has 1 aromatic heterocycles. The number of nitrogens with one attached hydrogen (secondary N) is 2. The number of carbonyl (C=O) groups excluding carboxylic acids is 1. The van der Waals surface area contributed by atoms with Gasteiger partial charge in [0.15, 0.2) is 0 Å². The highest BCUT2D eigenvalue weighted by Gasteiger charge is 2.08. The molecule has 1 amide bonds. The summed E-state index contributed by atoms with van der Waals surface area (Å²) in [7, 11) is 0. The average molecular weight is 332 g/mol. The first kappa shape index (κ1) is 14.6. The number of hydrogen-bond acceptors (Lipinski definition) is 2. The van der Waals surface area contributed by atoms with Gasteiger partial charge in [-0.2, -0.15) is 5.10 Å². The Morgan fingerprint density at radius 1 is 1.09 bits per heavy atom. The van der Waals surface area contributed by atoms with Gasteiger partial charge in [-0.15, -0.1) is 0 Å². The number of nitrogens with zero attached hydrogens (tertiary/aromatic N) is 1. The molecule has 0 aliphatic rings. The third-order valence-electron chi connectivity index (χ3n) is 3.06. The molecule has 0 unspecified atom stereocenters. The first-order valence-electron chi connectivity index (χ1n) is 6.49. The Balaban J connectivity index is 1.73. The molecule has 0 radical (unpaired) electrons. The van der Waals surface area contributed by atoms with Crippen molar-refractivity contribution >= 4 is 46.2 Å². The Hall–Kier alpha value is -2.30. The zero-order valence-corrected chi connectivity index (χ0v) is 12.8. The van der Waals surface area contributed by atoms with E-state index in [4.69, 9.17) is 23.2 Å². The molecule has 0 atom stereocenters. The van der Waals surface area contributed by atoms with E-state index in [0.717, 1.165) is 16.5 Å². The van der Waals surface area contributed by atoms with Crippen LogP contribution in [0.25, 0.3) is 10.9 Å². The third-order valence-corrected chi connectivity index (χ3v) is 3.53. The van der Waals surface area contributed by atoms with E-state index in [9.17, 15) is 4.79 Å². The second-order valence-electron chi connectivity index (χ2n) is 4.67. The number of aromatic amines is 1. The number of halogens is 2. The first-order valence-corrected chi connectivity index (χ1v) is 7.25. The van der Waals surface area contributed by atoms with Crippen molar-refractivity contribution in [3.05, 3.63) is 69.8 Å². The highest BCUT2D eigenvalue weighted by Crippen LogP contribution is 2.20. The van der Waals surface area contributed by atoms with Crippen LogP contribution in [0.1, 0.15) is 16.1 Å². The van der Waals surface area contributed by atoms with Crippen LogP contribution >= 0.6 is 23.2 Å². The molecule has 6 heteroatoms. The predicted octanol–water partition coefficient (Wildman–Crippen LogP) is 4.24. The Morgan fingerprint density at radius 3 is 2.73 bits per heavy atom. The Morgan fingerprint density at radius 2 is 1.91 bits per heavy atom. The molecule has 0 bridgehead atoms. The van der Waals surface area contributed by atoms with Crippen LogP contribution in [0.15, 0.2) is 53.6 Å². The van der Waals surface area contributed by atoms with Crippen LogP contribution in [0.5, 0.6) is 0 Å². The second kappa shape index (κ2) is 6.22. The van der Waals surface area contributed by atoms with Crippen molar-refractivity contribution < 1.29 is 4.79 Å². The van der Waals surface area contributed by atoms with E-state index in [0.29, 0.717) is 15.7 Å². The van der Waals surface area contributed by atoms with E-state index in [1.807, 2.05) is 18.2 Å². The van der Waals surface area contributed by atoms with Gasteiger partial charge in [-0.3, -0.25) is 4.79 Å². The average Bonchev–Trinajstić information content (AvgIpc) is 2.90. The minimum atomic E-state index is -0.328. The van der Waals surface area contributed by atoms with Crippen molar-refractivity contribution in [3.8, 4) is 0 Å². The van der Waals surface area contributed by atoms with E-state index < -0.39 is 0 Å². The first-order chi connectivity index (χ1) is 10.6. The maximum Gasteiger partial charge on any atom is 0.287 e. The van der Waals surface area contributed by atoms with Gasteiger partial charge in [0.25, 0.3) is 5.91 Å². The van der Waals surface area contributed by atoms with Crippen LogP contribution in [-0.4, -0.2) is 17.1 Å². The molecular formula is C16H11Cl2N3O. The molecule has 2 aromatic carbocycles. The van der Waals surface area contributed by atoms with E-state index in [1.54, 1.807) is 30.3 Å². The summed E-state index contributed by atoms with van der Waals surface area (Å²) in [5.41, 5.74) is 4.53. The fourth-order valence-corrected chi connectivity index (χ4v) is 2.42. The van der Waals surface area contributed by atoms with Gasteiger partial charge >= 0.3 is 0 Å². The SMILES string of the molecule is O=C(NN=Cc1cccc(Cl)c1)c1cc2cc(Cl)ccc2[nH]1. The molecule has 0 aliphatic carbocycles. The molecule has 0 saturated carbocycles. The third kappa shape index (κ3) is 3.30. The largest absolute Gasteiger partial charge is 0.350 e. The number of fused-ring (bicyclic) bond motifs is 1. The smallest absolute Gasteiger partial charge is 0.287 e. The number of hydrazone groups is 1. The van der Waals surface area contributed by atoms with Crippen molar-refractivity contribution in [1.82, 2.24) is 10.4 Å². The molecule has 0 aliphatic heterocycles. The summed E-state index contributed by atoms with van der Waals surface area (Å²) in [5, 5.41) is 6.03. The lowest BCUT2D eigenvalue weighted by atomic mass is 10.2. The van der Waals surface area contributed by atoms with Crippen LogP contribution in [0.4, 0.5) is 0 Å². The predicted molar refractivity (Wildman–Crippen MR) is 89.8 cm³/mol. The maximum atomic E-state index is 12.0. The Kier molecular flexibility index (Phi) is 4.13. The summed E-state index contributed by atoms with van der Waals surface area (Å²) in [6.07, 6.45) is 1.53. The molecule has 1 heterocycles. The Bertz CT molecular complexity index is 871. The minimum absolute atomic E-state index is 0.328. The fraction of sp³-hybridized carbons (Fsp3) is 0. The maximum absolute atomic E-state index is 12.0. The molecule has 0 fully saturated rings. The summed E-state index contributed by atoms with van der Waals surface area (Å²) in [4.78, 5) is 15.1. The highest BCUT2D eigenvalue weighted by atomic mass is 35.5. The van der Waals surface area contributed by atoms with E-state index in [-0.39, 0.29) is 5.91 Å². The summed E-state index contributed by atoms with van der Waals surface area (Å²) < 4.78 is 0. The van der Waals surface area contributed by atoms with E-state index >= 15 is 0 Å². The summed E-state index contributed by atoms with van der Waals surface area (Å²) in [6, 6.07) is 14.3. The number of benzene rings is 2. The molecular weight excluding hydrogens is 321 g/mol. The van der Waals surface area contributed by atoms with Gasteiger partial charge in [-0.1, -0.05) is 35.3 Å². The highest BCUT2D eigenvalue weighted by molar-refractivity contribution is 6.31. The van der Waals surface area contributed by atoms with Gasteiger partial charge in [0.2, 0.25) is 0 Å². The number of amides is 1. The van der Waals surface area contributed by atoms with Crippen molar-refractivity contribution in [2.24, 2.45) is 5.10 Å². The van der Waals surface area contributed by atoms with E-state index in [2.05, 4.69) is 15.5 Å². The second-order valence-corrected chi connectivity index (χ2v) is 5.54. The van der Waals surface area contributed by atoms with Crippen LogP contribution in [0, 0.1) is 0 Å². The summed E-state index contributed by atoms with van der Waals surface area (Å²) >= 11 is 11.8. The summed E-state index contributed by atoms with van der Waals surface area (Å²) in [6.45, 7) is 0. The number of aromatic nitrogens is 1. The van der Waals surface area contributed by atoms with Crippen molar-refractivity contribution in [2.75, 3.05) is 0 Å². The van der Waals surface area contributed by atoms with Crippen LogP contribution in [0.2, 0.25) is 10.0 Å². The normalized spacial score (nSPS) is 11.2. The number of carbonyl (C=O) groups is 1. The lowest BCUT2D eigenvalue weighted by molar-refractivity contribution is 0.0951. The van der Waals surface area contributed by atoms with Crippen LogP contribution in [-0.2, 0) is 0 Å². The molecule has 0 spiro atoms. The number of H-pyrrole nitrogens is 1. The van der Waals surface area contributed by atoms with Crippen molar-refractivity contribution in [3.63, 3.8) is 0 Å². The molecule has 2 N–H and O–H groups in total. The molecule has 3 rings (SSSR count). The lowest BCUT2D eigenvalue weighted by Gasteiger charge is -1.97. The van der Waals surface area contributed by atoms with Gasteiger partial charge in [-0.25, -0.2) is 5.43 Å². The number of hydrogen-bond donors (Lipinski definition) is 2. The molecule has 22 heavy (non-hydrogen) atoms. The summed E-state index contributed by atoms with van der Waals surface area (Å²) in [5.74, 6) is -0.328. The van der Waals surface area contributed by atoms with Crippen LogP contribution in [0.3, 0.4) is 0 Å². The van der Waals surface area contributed by atoms with Gasteiger partial charge in [0.1, 0.15) is 5.69 Å². The van der Waals surface area contributed by atoms with Crippen molar-refractivity contribution in [2.45, 2.75) is 0 Å². The van der Waals surface area contributed by atoms with Gasteiger partial charge in [0.05, 0.1) is 6.21 Å². The zero-order valence-electron chi connectivity index (χ0n) is 11.3.